The van der Waals surface area contributed by atoms with E-state index in [1.54, 1.807) is 28.1 Å². The first-order chi connectivity index (χ1) is 11.8. The van der Waals surface area contributed by atoms with Crippen molar-refractivity contribution in [2.24, 2.45) is 0 Å². The highest BCUT2D eigenvalue weighted by Gasteiger charge is 2.21. The van der Waals surface area contributed by atoms with Crippen molar-refractivity contribution in [2.45, 2.75) is 25.9 Å². The van der Waals surface area contributed by atoms with Gasteiger partial charge in [-0.1, -0.05) is 0 Å². The van der Waals surface area contributed by atoms with Gasteiger partial charge in [0.05, 0.1) is 12.4 Å². The quantitative estimate of drug-likeness (QED) is 0.774. The summed E-state index contributed by atoms with van der Waals surface area (Å²) >= 11 is 1.88. The number of anilines is 1. The van der Waals surface area contributed by atoms with Crippen LogP contribution in [0.15, 0.2) is 42.3 Å². The van der Waals surface area contributed by atoms with Gasteiger partial charge in [0.25, 0.3) is 0 Å². The Morgan fingerprint density at radius 2 is 2.33 bits per heavy atom. The van der Waals surface area contributed by atoms with Crippen molar-refractivity contribution in [1.29, 1.82) is 0 Å². The van der Waals surface area contributed by atoms with Crippen molar-refractivity contribution in [1.82, 2.24) is 24.6 Å². The molecular formula is C17H20N6S. The molecular weight excluding hydrogens is 320 g/mol. The van der Waals surface area contributed by atoms with Crippen LogP contribution >= 0.6 is 11.3 Å². The maximum Gasteiger partial charge on any atom is 0.173 e. The Balaban J connectivity index is 1.38. The smallest absolute Gasteiger partial charge is 0.173 e. The number of aromatic nitrogens is 4. The Morgan fingerprint density at radius 3 is 3.21 bits per heavy atom. The molecule has 1 atom stereocenters. The maximum absolute atomic E-state index is 4.57. The molecule has 0 saturated carbocycles. The highest BCUT2D eigenvalue weighted by Crippen LogP contribution is 2.25. The molecule has 7 heteroatoms. The molecule has 0 bridgehead atoms. The summed E-state index contributed by atoms with van der Waals surface area (Å²) in [7, 11) is 0. The third-order valence-corrected chi connectivity index (χ3v) is 5.42. The van der Waals surface area contributed by atoms with E-state index in [0.29, 0.717) is 6.04 Å². The van der Waals surface area contributed by atoms with Crippen LogP contribution in [0.1, 0.15) is 17.4 Å². The van der Waals surface area contributed by atoms with Crippen molar-refractivity contribution >= 4 is 17.2 Å². The number of nitrogens with zero attached hydrogens (tertiary/aromatic N) is 5. The van der Waals surface area contributed by atoms with E-state index in [9.17, 15) is 0 Å². The first kappa shape index (κ1) is 15.3. The fraction of sp³-hybridized carbons (Fsp3) is 0.353. The third-order valence-electron chi connectivity index (χ3n) is 4.40. The van der Waals surface area contributed by atoms with E-state index in [1.807, 2.05) is 23.6 Å². The lowest BCUT2D eigenvalue weighted by atomic mass is 10.1. The van der Waals surface area contributed by atoms with Gasteiger partial charge in [-0.05, 0) is 36.4 Å². The second-order valence-corrected chi connectivity index (χ2v) is 7.03. The van der Waals surface area contributed by atoms with Gasteiger partial charge < -0.3 is 5.32 Å². The molecule has 0 radical (unpaired) electrons. The second-order valence-electron chi connectivity index (χ2n) is 6.03. The van der Waals surface area contributed by atoms with Crippen molar-refractivity contribution < 1.29 is 0 Å². The number of rotatable bonds is 5. The van der Waals surface area contributed by atoms with Gasteiger partial charge in [0.2, 0.25) is 0 Å². The molecule has 124 valence electrons. The summed E-state index contributed by atoms with van der Waals surface area (Å²) in [6, 6.07) is 4.57. The molecule has 6 nitrogen and oxygen atoms in total. The molecule has 1 aliphatic heterocycles. The molecule has 0 fully saturated rings. The van der Waals surface area contributed by atoms with E-state index in [2.05, 4.69) is 43.7 Å². The minimum Gasteiger partial charge on any atom is -0.367 e. The molecule has 4 heterocycles. The van der Waals surface area contributed by atoms with E-state index in [-0.39, 0.29) is 0 Å². The topological polar surface area (TPSA) is 58.9 Å². The summed E-state index contributed by atoms with van der Waals surface area (Å²) < 4.78 is 1.71. The standard InChI is InChI=1S/C17H20N6S/c1-13(22-7-3-15-14(12-22)4-8-24-15)9-19-16-10-18-11-17(21-16)23-6-2-5-20-23/h2,4-6,8,10-11,13H,3,7,9,12H2,1H3,(H,19,21)/t13-/m1/s1. The number of thiophene rings is 1. The summed E-state index contributed by atoms with van der Waals surface area (Å²) in [6.07, 6.45) is 8.23. The lowest BCUT2D eigenvalue weighted by Gasteiger charge is -2.32. The fourth-order valence-electron chi connectivity index (χ4n) is 2.98. The number of fused-ring (bicyclic) bond motifs is 1. The normalized spacial score (nSPS) is 15.9. The van der Waals surface area contributed by atoms with Crippen LogP contribution in [0.4, 0.5) is 5.82 Å². The predicted octanol–water partition coefficient (Wildman–Crippen LogP) is 2.58. The van der Waals surface area contributed by atoms with Crippen molar-refractivity contribution in [2.75, 3.05) is 18.4 Å². The van der Waals surface area contributed by atoms with Gasteiger partial charge in [-0.25, -0.2) is 9.67 Å². The molecule has 3 aromatic heterocycles. The van der Waals surface area contributed by atoms with Gasteiger partial charge in [0.15, 0.2) is 5.82 Å². The lowest BCUT2D eigenvalue weighted by molar-refractivity contribution is 0.200. The molecule has 0 aliphatic carbocycles. The van der Waals surface area contributed by atoms with Crippen LogP contribution < -0.4 is 5.32 Å². The number of hydrogen-bond donors (Lipinski definition) is 1. The van der Waals surface area contributed by atoms with Crippen LogP contribution in [-0.4, -0.2) is 43.8 Å². The maximum atomic E-state index is 4.57. The summed E-state index contributed by atoms with van der Waals surface area (Å²) in [6.45, 7) is 5.27. The van der Waals surface area contributed by atoms with Crippen molar-refractivity contribution in [3.8, 4) is 5.82 Å². The van der Waals surface area contributed by atoms with Crippen LogP contribution in [0.2, 0.25) is 0 Å². The molecule has 0 unspecified atom stereocenters. The summed E-state index contributed by atoms with van der Waals surface area (Å²) in [5.74, 6) is 1.50. The molecule has 3 aromatic rings. The van der Waals surface area contributed by atoms with Gasteiger partial charge in [-0.15, -0.1) is 11.3 Å². The Labute approximate surface area is 145 Å². The van der Waals surface area contributed by atoms with Crippen LogP contribution in [0.3, 0.4) is 0 Å². The van der Waals surface area contributed by atoms with E-state index in [4.69, 9.17) is 0 Å². The van der Waals surface area contributed by atoms with Crippen molar-refractivity contribution in [3.05, 3.63) is 52.7 Å². The van der Waals surface area contributed by atoms with E-state index < -0.39 is 0 Å². The Morgan fingerprint density at radius 1 is 1.38 bits per heavy atom. The van der Waals surface area contributed by atoms with Gasteiger partial charge >= 0.3 is 0 Å². The number of hydrogen-bond acceptors (Lipinski definition) is 6. The zero-order chi connectivity index (χ0) is 16.4. The highest BCUT2D eigenvalue weighted by molar-refractivity contribution is 7.10. The molecule has 0 amide bonds. The minimum atomic E-state index is 0.438. The van der Waals surface area contributed by atoms with Crippen LogP contribution in [0, 0.1) is 0 Å². The molecule has 0 aromatic carbocycles. The van der Waals surface area contributed by atoms with Gasteiger partial charge in [0, 0.05) is 42.9 Å². The van der Waals surface area contributed by atoms with Gasteiger partial charge in [0.1, 0.15) is 5.82 Å². The average molecular weight is 340 g/mol. The summed E-state index contributed by atoms with van der Waals surface area (Å²) in [5, 5.41) is 9.80. The van der Waals surface area contributed by atoms with Crippen LogP contribution in [0.5, 0.6) is 0 Å². The average Bonchev–Trinajstić information content (AvgIpc) is 3.30. The van der Waals surface area contributed by atoms with E-state index in [0.717, 1.165) is 37.7 Å². The second kappa shape index (κ2) is 6.70. The van der Waals surface area contributed by atoms with Crippen LogP contribution in [-0.2, 0) is 13.0 Å². The first-order valence-electron chi connectivity index (χ1n) is 8.15. The predicted molar refractivity (Wildman–Crippen MR) is 95.5 cm³/mol. The minimum absolute atomic E-state index is 0.438. The van der Waals surface area contributed by atoms with Gasteiger partial charge in [-0.2, -0.15) is 5.10 Å². The molecule has 0 spiro atoms. The largest absolute Gasteiger partial charge is 0.367 e. The number of nitrogens with one attached hydrogen (secondary N) is 1. The molecule has 4 rings (SSSR count). The SMILES string of the molecule is C[C@H](CNc1cncc(-n2cccn2)n1)N1CCc2sccc2C1. The fourth-order valence-corrected chi connectivity index (χ4v) is 3.87. The van der Waals surface area contributed by atoms with Crippen LogP contribution in [0.25, 0.3) is 5.82 Å². The third kappa shape index (κ3) is 3.18. The zero-order valence-corrected chi connectivity index (χ0v) is 14.4. The first-order valence-corrected chi connectivity index (χ1v) is 9.03. The summed E-state index contributed by atoms with van der Waals surface area (Å²) in [5.41, 5.74) is 1.48. The molecule has 1 N–H and O–H groups in total. The van der Waals surface area contributed by atoms with Gasteiger partial charge in [-0.3, -0.25) is 9.88 Å². The Hall–Kier alpha value is -2.25. The van der Waals surface area contributed by atoms with E-state index in [1.165, 1.54) is 5.56 Å². The highest BCUT2D eigenvalue weighted by atomic mass is 32.1. The lowest BCUT2D eigenvalue weighted by Crippen LogP contribution is -2.40. The molecule has 1 aliphatic rings. The summed E-state index contributed by atoms with van der Waals surface area (Å²) in [4.78, 5) is 12.9. The molecule has 0 saturated heterocycles. The van der Waals surface area contributed by atoms with Crippen molar-refractivity contribution in [3.63, 3.8) is 0 Å². The Bertz CT molecular complexity index is 797. The monoisotopic (exact) mass is 340 g/mol. The Kier molecular flexibility index (Phi) is 4.27. The zero-order valence-electron chi connectivity index (χ0n) is 13.6. The molecule has 24 heavy (non-hydrogen) atoms. The van der Waals surface area contributed by atoms with E-state index >= 15 is 0 Å².